The molecule has 0 bridgehead atoms. The van der Waals surface area contributed by atoms with Crippen molar-refractivity contribution in [1.29, 1.82) is 0 Å². The molecule has 0 radical (unpaired) electrons. The zero-order valence-electron chi connectivity index (χ0n) is 15.9. The molecule has 146 valence electrons. The van der Waals surface area contributed by atoms with E-state index in [4.69, 9.17) is 9.47 Å². The molecule has 0 atom stereocenters. The molecular formula is C20H36O4S. The number of phenolic OH excluding ortho intramolecular Hbond substituents is 2. The first-order valence-corrected chi connectivity index (χ1v) is 10.1. The third-order valence-corrected chi connectivity index (χ3v) is 3.93. The van der Waals surface area contributed by atoms with Gasteiger partial charge in [0.2, 0.25) is 0 Å². The second-order valence-corrected chi connectivity index (χ2v) is 6.08. The zero-order chi connectivity index (χ0) is 18.8. The number of rotatable bonds is 14. The summed E-state index contributed by atoms with van der Waals surface area (Å²) in [6.07, 6.45) is 7.22. The largest absolute Gasteiger partial charge is 0.508 e. The summed E-state index contributed by atoms with van der Waals surface area (Å²) in [5, 5.41) is 19.1. The van der Waals surface area contributed by atoms with Gasteiger partial charge in [-0.2, -0.15) is 12.6 Å². The van der Waals surface area contributed by atoms with Gasteiger partial charge in [-0.25, -0.2) is 0 Å². The maximum Gasteiger partial charge on any atom is 0.119 e. The zero-order valence-corrected chi connectivity index (χ0v) is 16.8. The van der Waals surface area contributed by atoms with Crippen molar-refractivity contribution >= 4 is 12.6 Å². The number of hydrogen-bond donors (Lipinski definition) is 3. The lowest BCUT2D eigenvalue weighted by atomic mass is 10.1. The first-order chi connectivity index (χ1) is 12.2. The van der Waals surface area contributed by atoms with Crippen LogP contribution in [0.3, 0.4) is 0 Å². The summed E-state index contributed by atoms with van der Waals surface area (Å²) in [6.45, 7) is 6.91. The van der Waals surface area contributed by atoms with Crippen molar-refractivity contribution in [3.63, 3.8) is 0 Å². The van der Waals surface area contributed by atoms with Crippen molar-refractivity contribution in [2.45, 2.75) is 58.8 Å². The van der Waals surface area contributed by atoms with Gasteiger partial charge in [0.05, 0.1) is 13.2 Å². The van der Waals surface area contributed by atoms with E-state index in [1.165, 1.54) is 6.07 Å². The number of benzene rings is 1. The van der Waals surface area contributed by atoms with Crippen molar-refractivity contribution in [1.82, 2.24) is 0 Å². The number of phenols is 2. The van der Waals surface area contributed by atoms with Crippen LogP contribution in [0.5, 0.6) is 11.5 Å². The van der Waals surface area contributed by atoms with Crippen LogP contribution in [0, 0.1) is 0 Å². The van der Waals surface area contributed by atoms with Gasteiger partial charge < -0.3 is 19.7 Å². The van der Waals surface area contributed by atoms with E-state index in [1.54, 1.807) is 12.1 Å². The summed E-state index contributed by atoms with van der Waals surface area (Å²) in [4.78, 5) is 0. The highest BCUT2D eigenvalue weighted by atomic mass is 32.1. The summed E-state index contributed by atoms with van der Waals surface area (Å²) < 4.78 is 11.0. The molecule has 1 rings (SSSR count). The van der Waals surface area contributed by atoms with Crippen LogP contribution in [0.15, 0.2) is 18.2 Å². The summed E-state index contributed by atoms with van der Waals surface area (Å²) in [7, 11) is 0. The average molecular weight is 373 g/mol. The van der Waals surface area contributed by atoms with Crippen molar-refractivity contribution in [2.24, 2.45) is 0 Å². The van der Waals surface area contributed by atoms with E-state index < -0.39 is 0 Å². The van der Waals surface area contributed by atoms with Crippen LogP contribution in [-0.2, 0) is 15.9 Å². The van der Waals surface area contributed by atoms with E-state index in [-0.39, 0.29) is 11.5 Å². The molecule has 0 aliphatic rings. The highest BCUT2D eigenvalue weighted by Crippen LogP contribution is 2.23. The molecule has 0 spiro atoms. The lowest BCUT2D eigenvalue weighted by molar-refractivity contribution is 0.0453. The summed E-state index contributed by atoms with van der Waals surface area (Å²) in [5.74, 6) is 1.39. The van der Waals surface area contributed by atoms with Gasteiger partial charge in [0.15, 0.2) is 0 Å². The number of hydrogen-bond acceptors (Lipinski definition) is 5. The van der Waals surface area contributed by atoms with Crippen LogP contribution in [0.25, 0.3) is 0 Å². The standard InChI is InChI=1S/C18H30O4S.C2H6/c19-17-8-9-18(20)16(15-17)7-3-1-2-4-10-21-12-13-22-11-5-6-14-23;1-2/h8-9,15,19-20,23H,1-7,10-14H2;1-2H3. The Morgan fingerprint density at radius 2 is 1.40 bits per heavy atom. The first-order valence-electron chi connectivity index (χ1n) is 9.51. The van der Waals surface area contributed by atoms with Crippen LogP contribution in [0.2, 0.25) is 0 Å². The van der Waals surface area contributed by atoms with Crippen molar-refractivity contribution < 1.29 is 19.7 Å². The highest BCUT2D eigenvalue weighted by molar-refractivity contribution is 7.80. The summed E-state index contributed by atoms with van der Waals surface area (Å²) >= 11 is 4.15. The van der Waals surface area contributed by atoms with Gasteiger partial charge >= 0.3 is 0 Å². The van der Waals surface area contributed by atoms with E-state index in [2.05, 4.69) is 12.6 Å². The minimum atomic E-state index is 0.207. The topological polar surface area (TPSA) is 58.9 Å². The third kappa shape index (κ3) is 14.0. The lowest BCUT2D eigenvalue weighted by Crippen LogP contribution is -2.06. The van der Waals surface area contributed by atoms with Gasteiger partial charge in [-0.3, -0.25) is 0 Å². The predicted octanol–water partition coefficient (Wildman–Crippen LogP) is 4.97. The molecule has 0 aromatic heterocycles. The van der Waals surface area contributed by atoms with Crippen molar-refractivity contribution in [3.8, 4) is 11.5 Å². The molecule has 1 aromatic rings. The van der Waals surface area contributed by atoms with E-state index in [1.807, 2.05) is 13.8 Å². The molecule has 0 aliphatic heterocycles. The second-order valence-electron chi connectivity index (χ2n) is 5.63. The Kier molecular flexibility index (Phi) is 17.2. The van der Waals surface area contributed by atoms with E-state index in [0.717, 1.165) is 69.5 Å². The molecule has 0 fully saturated rings. The fraction of sp³-hybridized carbons (Fsp3) is 0.700. The van der Waals surface area contributed by atoms with E-state index in [0.29, 0.717) is 13.2 Å². The number of ether oxygens (including phenoxy) is 2. The van der Waals surface area contributed by atoms with Gasteiger partial charge in [0.1, 0.15) is 11.5 Å². The molecule has 0 saturated heterocycles. The lowest BCUT2D eigenvalue weighted by Gasteiger charge is -2.07. The van der Waals surface area contributed by atoms with Crippen molar-refractivity contribution in [2.75, 3.05) is 32.2 Å². The Hall–Kier alpha value is -0.910. The Morgan fingerprint density at radius 1 is 0.800 bits per heavy atom. The Bertz CT molecular complexity index is 413. The van der Waals surface area contributed by atoms with Gasteiger partial charge in [0.25, 0.3) is 0 Å². The molecule has 0 unspecified atom stereocenters. The average Bonchev–Trinajstić information content (AvgIpc) is 2.63. The highest BCUT2D eigenvalue weighted by Gasteiger charge is 2.02. The third-order valence-electron chi connectivity index (χ3n) is 3.62. The van der Waals surface area contributed by atoms with Gasteiger partial charge in [-0.05, 0) is 61.6 Å². The molecule has 0 saturated carbocycles. The van der Waals surface area contributed by atoms with Crippen LogP contribution in [0.4, 0.5) is 0 Å². The van der Waals surface area contributed by atoms with E-state index >= 15 is 0 Å². The fourth-order valence-corrected chi connectivity index (χ4v) is 2.51. The predicted molar refractivity (Wildman–Crippen MR) is 108 cm³/mol. The molecule has 25 heavy (non-hydrogen) atoms. The van der Waals surface area contributed by atoms with Crippen LogP contribution >= 0.6 is 12.6 Å². The second kappa shape index (κ2) is 17.9. The molecule has 0 heterocycles. The van der Waals surface area contributed by atoms with Gasteiger partial charge in [-0.15, -0.1) is 0 Å². The van der Waals surface area contributed by atoms with Gasteiger partial charge in [0, 0.05) is 13.2 Å². The smallest absolute Gasteiger partial charge is 0.119 e. The Balaban J connectivity index is 0.00000277. The van der Waals surface area contributed by atoms with E-state index in [9.17, 15) is 10.2 Å². The first kappa shape index (κ1) is 24.1. The molecule has 5 heteroatoms. The maximum atomic E-state index is 9.68. The maximum absolute atomic E-state index is 9.68. The molecule has 0 amide bonds. The SMILES string of the molecule is CC.Oc1ccc(O)c(CCCCCCOCCOCCCCS)c1. The molecule has 0 aliphatic carbocycles. The Labute approximate surface area is 159 Å². The minimum Gasteiger partial charge on any atom is -0.508 e. The van der Waals surface area contributed by atoms with Crippen LogP contribution in [0.1, 0.15) is 57.9 Å². The number of aromatic hydroxyl groups is 2. The normalized spacial score (nSPS) is 10.4. The molecular weight excluding hydrogens is 336 g/mol. The monoisotopic (exact) mass is 372 g/mol. The number of aryl methyl sites for hydroxylation is 1. The molecule has 1 aromatic carbocycles. The number of unbranched alkanes of at least 4 members (excludes halogenated alkanes) is 4. The molecule has 4 nitrogen and oxygen atoms in total. The number of thiol groups is 1. The summed E-state index contributed by atoms with van der Waals surface area (Å²) in [6, 6.07) is 4.67. The quantitative estimate of drug-likeness (QED) is 0.245. The fourth-order valence-electron chi connectivity index (χ4n) is 2.28. The minimum absolute atomic E-state index is 0.207. The summed E-state index contributed by atoms with van der Waals surface area (Å²) in [5.41, 5.74) is 0.816. The van der Waals surface area contributed by atoms with Crippen LogP contribution < -0.4 is 0 Å². The molecule has 2 N–H and O–H groups in total. The van der Waals surface area contributed by atoms with Crippen LogP contribution in [-0.4, -0.2) is 42.4 Å². The van der Waals surface area contributed by atoms with Crippen molar-refractivity contribution in [3.05, 3.63) is 23.8 Å². The Morgan fingerprint density at radius 3 is 2.04 bits per heavy atom. The van der Waals surface area contributed by atoms with Gasteiger partial charge in [-0.1, -0.05) is 26.7 Å².